The maximum Gasteiger partial charge on any atom is 0.0594 e. The van der Waals surface area contributed by atoms with Gasteiger partial charge in [0, 0.05) is 0 Å². The topological polar surface area (TPSA) is 20.2 Å². The standard InChI is InChI=1S/C11H22O/c1-9-4-6-10(7-5-9)8-11(2,3)12/h9-10,12H,4-8H2,1-3H3/t9-,10+. The summed E-state index contributed by atoms with van der Waals surface area (Å²) in [5.74, 6) is 1.70. The first-order valence-corrected chi connectivity index (χ1v) is 5.20. The Morgan fingerprint density at radius 2 is 1.67 bits per heavy atom. The van der Waals surface area contributed by atoms with Crippen molar-refractivity contribution in [1.82, 2.24) is 0 Å². The SMILES string of the molecule is CC(C)(O)C[C@H]1CC[C@@H](C)CC1. The maximum atomic E-state index is 9.64. The Labute approximate surface area is 76.2 Å². The number of hydrogen-bond acceptors (Lipinski definition) is 1. The summed E-state index contributed by atoms with van der Waals surface area (Å²) >= 11 is 0. The fraction of sp³-hybridized carbons (Fsp3) is 1.00. The Kier molecular flexibility index (Phi) is 3.16. The molecule has 0 spiro atoms. The van der Waals surface area contributed by atoms with Gasteiger partial charge in [0.15, 0.2) is 0 Å². The molecule has 1 rings (SSSR count). The fourth-order valence-electron chi connectivity index (χ4n) is 2.24. The van der Waals surface area contributed by atoms with E-state index in [-0.39, 0.29) is 0 Å². The molecule has 0 aliphatic heterocycles. The lowest BCUT2D eigenvalue weighted by Crippen LogP contribution is -2.25. The number of aliphatic hydroxyl groups is 1. The second-order valence-corrected chi connectivity index (χ2v) is 5.14. The van der Waals surface area contributed by atoms with E-state index in [1.54, 1.807) is 0 Å². The molecule has 0 saturated heterocycles. The summed E-state index contributed by atoms with van der Waals surface area (Å²) in [5, 5.41) is 9.64. The molecule has 0 aromatic heterocycles. The first kappa shape index (κ1) is 10.0. The number of rotatable bonds is 2. The third kappa shape index (κ3) is 3.57. The molecule has 12 heavy (non-hydrogen) atoms. The summed E-state index contributed by atoms with van der Waals surface area (Å²) in [6.45, 7) is 6.18. The van der Waals surface area contributed by atoms with E-state index in [1.807, 2.05) is 13.8 Å². The molecule has 0 atom stereocenters. The van der Waals surface area contributed by atoms with Crippen molar-refractivity contribution in [2.45, 2.75) is 58.5 Å². The molecule has 0 unspecified atom stereocenters. The van der Waals surface area contributed by atoms with Gasteiger partial charge < -0.3 is 5.11 Å². The van der Waals surface area contributed by atoms with Crippen LogP contribution in [0, 0.1) is 11.8 Å². The van der Waals surface area contributed by atoms with Gasteiger partial charge >= 0.3 is 0 Å². The van der Waals surface area contributed by atoms with Crippen LogP contribution in [0.1, 0.15) is 52.9 Å². The van der Waals surface area contributed by atoms with Crippen molar-refractivity contribution in [3.05, 3.63) is 0 Å². The minimum absolute atomic E-state index is 0.453. The molecule has 0 aromatic carbocycles. The Morgan fingerprint density at radius 3 is 2.08 bits per heavy atom. The zero-order valence-electron chi connectivity index (χ0n) is 8.64. The van der Waals surface area contributed by atoms with Crippen LogP contribution in [-0.2, 0) is 0 Å². The molecule has 0 radical (unpaired) electrons. The third-order valence-corrected chi connectivity index (χ3v) is 2.92. The van der Waals surface area contributed by atoms with Crippen LogP contribution in [0.25, 0.3) is 0 Å². The van der Waals surface area contributed by atoms with Gasteiger partial charge in [0.1, 0.15) is 0 Å². The van der Waals surface area contributed by atoms with Crippen LogP contribution in [0.4, 0.5) is 0 Å². The van der Waals surface area contributed by atoms with Crippen LogP contribution in [0.15, 0.2) is 0 Å². The van der Waals surface area contributed by atoms with E-state index in [0.29, 0.717) is 0 Å². The van der Waals surface area contributed by atoms with Crippen LogP contribution in [-0.4, -0.2) is 10.7 Å². The summed E-state index contributed by atoms with van der Waals surface area (Å²) in [4.78, 5) is 0. The molecule has 1 N–H and O–H groups in total. The van der Waals surface area contributed by atoms with Gasteiger partial charge in [-0.1, -0.05) is 32.6 Å². The predicted molar refractivity (Wildman–Crippen MR) is 52.0 cm³/mol. The minimum Gasteiger partial charge on any atom is -0.390 e. The second-order valence-electron chi connectivity index (χ2n) is 5.14. The van der Waals surface area contributed by atoms with E-state index in [4.69, 9.17) is 0 Å². The molecule has 72 valence electrons. The van der Waals surface area contributed by atoms with E-state index in [9.17, 15) is 5.11 Å². The van der Waals surface area contributed by atoms with E-state index in [2.05, 4.69) is 6.92 Å². The monoisotopic (exact) mass is 170 g/mol. The van der Waals surface area contributed by atoms with Gasteiger partial charge in [-0.3, -0.25) is 0 Å². The third-order valence-electron chi connectivity index (χ3n) is 2.92. The average molecular weight is 170 g/mol. The molecule has 1 aliphatic rings. The van der Waals surface area contributed by atoms with Crippen molar-refractivity contribution in [3.63, 3.8) is 0 Å². The highest BCUT2D eigenvalue weighted by molar-refractivity contribution is 4.76. The van der Waals surface area contributed by atoms with Crippen molar-refractivity contribution in [3.8, 4) is 0 Å². The fourth-order valence-corrected chi connectivity index (χ4v) is 2.24. The molecule has 1 saturated carbocycles. The summed E-state index contributed by atoms with van der Waals surface area (Å²) in [7, 11) is 0. The van der Waals surface area contributed by atoms with Crippen LogP contribution < -0.4 is 0 Å². The van der Waals surface area contributed by atoms with Gasteiger partial charge in [0.25, 0.3) is 0 Å². The normalized spacial score (nSPS) is 32.0. The molecular weight excluding hydrogens is 148 g/mol. The van der Waals surface area contributed by atoms with Gasteiger partial charge in [-0.25, -0.2) is 0 Å². The van der Waals surface area contributed by atoms with Crippen LogP contribution in [0.3, 0.4) is 0 Å². The highest BCUT2D eigenvalue weighted by Crippen LogP contribution is 2.33. The van der Waals surface area contributed by atoms with Gasteiger partial charge in [-0.05, 0) is 32.1 Å². The smallest absolute Gasteiger partial charge is 0.0594 e. The minimum atomic E-state index is -0.453. The maximum absolute atomic E-state index is 9.64. The molecule has 1 fully saturated rings. The van der Waals surface area contributed by atoms with Crippen molar-refractivity contribution >= 4 is 0 Å². The molecule has 0 heterocycles. The van der Waals surface area contributed by atoms with E-state index in [0.717, 1.165) is 18.3 Å². The summed E-state index contributed by atoms with van der Waals surface area (Å²) in [6, 6.07) is 0. The largest absolute Gasteiger partial charge is 0.390 e. The van der Waals surface area contributed by atoms with Gasteiger partial charge in [-0.15, -0.1) is 0 Å². The Bertz CT molecular complexity index is 126. The lowest BCUT2D eigenvalue weighted by molar-refractivity contribution is 0.0429. The van der Waals surface area contributed by atoms with Crippen molar-refractivity contribution in [2.75, 3.05) is 0 Å². The van der Waals surface area contributed by atoms with Gasteiger partial charge in [0.2, 0.25) is 0 Å². The zero-order valence-corrected chi connectivity index (χ0v) is 8.64. The van der Waals surface area contributed by atoms with Crippen LogP contribution in [0.5, 0.6) is 0 Å². The van der Waals surface area contributed by atoms with Gasteiger partial charge in [0.05, 0.1) is 5.60 Å². The molecule has 1 heteroatoms. The summed E-state index contributed by atoms with van der Waals surface area (Å²) in [6.07, 6.45) is 6.36. The predicted octanol–water partition coefficient (Wildman–Crippen LogP) is 2.97. The summed E-state index contributed by atoms with van der Waals surface area (Å²) < 4.78 is 0. The molecular formula is C11H22O. The molecule has 0 aromatic rings. The lowest BCUT2D eigenvalue weighted by atomic mass is 9.78. The van der Waals surface area contributed by atoms with E-state index >= 15 is 0 Å². The first-order chi connectivity index (χ1) is 5.47. The highest BCUT2D eigenvalue weighted by atomic mass is 16.3. The van der Waals surface area contributed by atoms with Crippen LogP contribution in [0.2, 0.25) is 0 Å². The molecule has 1 nitrogen and oxygen atoms in total. The zero-order chi connectivity index (χ0) is 9.19. The Morgan fingerprint density at radius 1 is 1.17 bits per heavy atom. The van der Waals surface area contributed by atoms with E-state index in [1.165, 1.54) is 25.7 Å². The van der Waals surface area contributed by atoms with Crippen molar-refractivity contribution in [2.24, 2.45) is 11.8 Å². The first-order valence-electron chi connectivity index (χ1n) is 5.20. The highest BCUT2D eigenvalue weighted by Gasteiger charge is 2.24. The Hall–Kier alpha value is -0.0400. The molecule has 0 amide bonds. The lowest BCUT2D eigenvalue weighted by Gasteiger charge is -2.30. The average Bonchev–Trinajstić information content (AvgIpc) is 1.91. The Balaban J connectivity index is 2.26. The van der Waals surface area contributed by atoms with Gasteiger partial charge in [-0.2, -0.15) is 0 Å². The molecule has 0 bridgehead atoms. The van der Waals surface area contributed by atoms with Crippen LogP contribution >= 0.6 is 0 Å². The van der Waals surface area contributed by atoms with Crippen molar-refractivity contribution < 1.29 is 5.11 Å². The summed E-state index contributed by atoms with van der Waals surface area (Å²) in [5.41, 5.74) is -0.453. The number of hydrogen-bond donors (Lipinski definition) is 1. The second kappa shape index (κ2) is 3.78. The molecule has 1 aliphatic carbocycles. The van der Waals surface area contributed by atoms with Crippen molar-refractivity contribution in [1.29, 1.82) is 0 Å². The van der Waals surface area contributed by atoms with E-state index < -0.39 is 5.60 Å². The quantitative estimate of drug-likeness (QED) is 0.675.